The van der Waals surface area contributed by atoms with Crippen LogP contribution in [0.25, 0.3) is 0 Å². The van der Waals surface area contributed by atoms with Crippen molar-refractivity contribution in [3.8, 4) is 5.75 Å². The fraction of sp³-hybridized carbons (Fsp3) is 0.531. The molecular formula is C32H41F2N4O14P. The summed E-state index contributed by atoms with van der Waals surface area (Å²) in [5.41, 5.74) is -3.52. The molecular weight excluding hydrogens is 733 g/mol. The number of pyridine rings is 1. The van der Waals surface area contributed by atoms with Gasteiger partial charge in [-0.3, -0.25) is 37.7 Å². The van der Waals surface area contributed by atoms with E-state index in [2.05, 4.69) is 5.32 Å². The van der Waals surface area contributed by atoms with Crippen LogP contribution in [0.3, 0.4) is 0 Å². The third-order valence-electron chi connectivity index (χ3n) is 8.05. The predicted molar refractivity (Wildman–Crippen MR) is 178 cm³/mol. The van der Waals surface area contributed by atoms with Crippen molar-refractivity contribution in [2.45, 2.75) is 65.0 Å². The van der Waals surface area contributed by atoms with Gasteiger partial charge in [0.2, 0.25) is 19.0 Å². The lowest BCUT2D eigenvalue weighted by molar-refractivity contribution is -0.0305. The van der Waals surface area contributed by atoms with Crippen LogP contribution in [-0.4, -0.2) is 103 Å². The first-order valence-electron chi connectivity index (χ1n) is 16.4. The van der Waals surface area contributed by atoms with Crippen LogP contribution in [0.5, 0.6) is 5.75 Å². The Morgan fingerprint density at radius 3 is 2.21 bits per heavy atom. The van der Waals surface area contributed by atoms with Gasteiger partial charge < -0.3 is 39.0 Å². The van der Waals surface area contributed by atoms with Crippen LogP contribution < -0.4 is 15.8 Å². The van der Waals surface area contributed by atoms with Crippen LogP contribution in [0.2, 0.25) is 0 Å². The van der Waals surface area contributed by atoms with Crippen LogP contribution >= 0.6 is 7.60 Å². The molecule has 2 N–H and O–H groups in total. The Labute approximate surface area is 302 Å². The van der Waals surface area contributed by atoms with E-state index in [4.69, 9.17) is 32.7 Å². The van der Waals surface area contributed by atoms with Crippen LogP contribution in [0.4, 0.5) is 18.4 Å². The lowest BCUT2D eigenvalue weighted by Gasteiger charge is -2.52. The quantitative estimate of drug-likeness (QED) is 0.151. The largest absolute Gasteiger partial charge is 0.510 e. The number of halogens is 2. The summed E-state index contributed by atoms with van der Waals surface area (Å²) < 4.78 is 77.7. The topological polar surface area (TPSA) is 211 Å². The molecule has 53 heavy (non-hydrogen) atoms. The number of nitrogens with zero attached hydrogens (tertiary/aromatic N) is 3. The van der Waals surface area contributed by atoms with Gasteiger partial charge in [0.05, 0.1) is 31.6 Å². The molecule has 0 radical (unpaired) electrons. The minimum absolute atomic E-state index is 0.0464. The number of aromatic hydroxyl groups is 1. The maximum Gasteiger partial charge on any atom is 0.510 e. The van der Waals surface area contributed by atoms with E-state index in [1.54, 1.807) is 27.7 Å². The summed E-state index contributed by atoms with van der Waals surface area (Å²) in [6.07, 6.45) is -2.45. The number of nitrogens with one attached hydrogen (secondary N) is 1. The van der Waals surface area contributed by atoms with Gasteiger partial charge in [0, 0.05) is 44.4 Å². The molecule has 2 amide bonds. The van der Waals surface area contributed by atoms with Gasteiger partial charge >= 0.3 is 19.9 Å². The summed E-state index contributed by atoms with van der Waals surface area (Å²) in [7, 11) is -2.68. The van der Waals surface area contributed by atoms with Crippen molar-refractivity contribution in [1.82, 2.24) is 14.9 Å². The van der Waals surface area contributed by atoms with Crippen molar-refractivity contribution in [2.24, 2.45) is 0 Å². The SMILES string of the molecule is CC(C)OC(=O)OCOP(=O)(CCCN1C(=O)c2c(O)c(=O)c(C(=O)NCc3ccc(F)cc3F)cn2N(C)C12CCOC2)OCOC(=O)OC(C)C. The van der Waals surface area contributed by atoms with Gasteiger partial charge in [0.1, 0.15) is 17.2 Å². The van der Waals surface area contributed by atoms with Crippen molar-refractivity contribution in [1.29, 1.82) is 0 Å². The molecule has 1 fully saturated rings. The number of ether oxygens (including phenoxy) is 5. The summed E-state index contributed by atoms with van der Waals surface area (Å²) in [6, 6.07) is 2.76. The maximum absolute atomic E-state index is 14.1. The van der Waals surface area contributed by atoms with Gasteiger partial charge in [-0.25, -0.2) is 18.4 Å². The molecule has 2 aliphatic heterocycles. The Kier molecular flexibility index (Phi) is 13.4. The number of benzene rings is 1. The smallest absolute Gasteiger partial charge is 0.502 e. The van der Waals surface area contributed by atoms with Crippen LogP contribution in [0.15, 0.2) is 29.2 Å². The Morgan fingerprint density at radius 2 is 1.66 bits per heavy atom. The fourth-order valence-corrected chi connectivity index (χ4v) is 6.78. The zero-order valence-electron chi connectivity index (χ0n) is 29.6. The number of fused-ring (bicyclic) bond motifs is 1. The number of hydrogen-bond donors (Lipinski definition) is 2. The molecule has 1 aromatic heterocycles. The Morgan fingerprint density at radius 1 is 1.04 bits per heavy atom. The van der Waals surface area contributed by atoms with Gasteiger partial charge in [-0.05, 0) is 40.2 Å². The standard InChI is InChI=1S/C32H41F2N4O14P/c1-19(2)51-30(43)47-17-49-53(45,50-18-48-31(44)52-20(3)4)12-6-10-37-29(42)25-27(40)26(39)23(15-38(25)36(5)32(37)9-11-46-16-32)28(41)35-14-21-7-8-22(33)13-24(21)34/h7-8,13,15,19-20,40H,6,9-12,14,16-18H2,1-5H3,(H,35,41). The van der Waals surface area contributed by atoms with E-state index in [0.717, 1.165) is 23.0 Å². The molecule has 2 aromatic rings. The van der Waals surface area contributed by atoms with Gasteiger partial charge in [0.25, 0.3) is 11.8 Å². The van der Waals surface area contributed by atoms with Crippen LogP contribution in [0.1, 0.15) is 66.9 Å². The third-order valence-corrected chi connectivity index (χ3v) is 9.91. The van der Waals surface area contributed by atoms with E-state index in [-0.39, 0.29) is 38.2 Å². The molecule has 0 saturated carbocycles. The Balaban J connectivity index is 1.53. The van der Waals surface area contributed by atoms with E-state index in [9.17, 15) is 42.4 Å². The van der Waals surface area contributed by atoms with Gasteiger partial charge in [-0.1, -0.05) is 6.07 Å². The number of amides is 2. The highest BCUT2D eigenvalue weighted by atomic mass is 31.2. The number of carbonyl (C=O) groups is 4. The van der Waals surface area contributed by atoms with Crippen molar-refractivity contribution in [2.75, 3.05) is 51.6 Å². The highest BCUT2D eigenvalue weighted by Crippen LogP contribution is 2.49. The molecule has 2 aliphatic rings. The lowest BCUT2D eigenvalue weighted by Crippen LogP contribution is -2.70. The number of aromatic nitrogens is 1. The van der Waals surface area contributed by atoms with Crippen LogP contribution in [0, 0.1) is 11.6 Å². The average Bonchev–Trinajstić information content (AvgIpc) is 3.56. The normalized spacial score (nSPS) is 17.0. The number of rotatable bonds is 15. The van der Waals surface area contributed by atoms with E-state index in [1.165, 1.54) is 17.0 Å². The highest BCUT2D eigenvalue weighted by Gasteiger charge is 2.52. The van der Waals surface area contributed by atoms with Crippen molar-refractivity contribution >= 4 is 31.7 Å². The average molecular weight is 775 g/mol. The molecule has 1 spiro atoms. The molecule has 292 valence electrons. The van der Waals surface area contributed by atoms with Crippen molar-refractivity contribution in [3.05, 3.63) is 63.1 Å². The summed E-state index contributed by atoms with van der Waals surface area (Å²) >= 11 is 0. The minimum atomic E-state index is -4.22. The second kappa shape index (κ2) is 17.4. The maximum atomic E-state index is 14.1. The third kappa shape index (κ3) is 9.81. The summed E-state index contributed by atoms with van der Waals surface area (Å²) in [6.45, 7) is 4.17. The van der Waals surface area contributed by atoms with E-state index in [0.29, 0.717) is 6.07 Å². The van der Waals surface area contributed by atoms with Crippen molar-refractivity contribution in [3.63, 3.8) is 0 Å². The monoisotopic (exact) mass is 774 g/mol. The number of likely N-dealkylation sites (N-methyl/N-ethyl adjacent to an activating group) is 1. The number of hydrogen-bond acceptors (Lipinski definition) is 15. The lowest BCUT2D eigenvalue weighted by atomic mass is 10.0. The van der Waals surface area contributed by atoms with Gasteiger partial charge in [-0.15, -0.1) is 0 Å². The fourth-order valence-electron chi connectivity index (χ4n) is 5.49. The van der Waals surface area contributed by atoms with E-state index < -0.39 is 110 Å². The highest BCUT2D eigenvalue weighted by molar-refractivity contribution is 7.53. The molecule has 0 bridgehead atoms. The molecule has 18 nitrogen and oxygen atoms in total. The predicted octanol–water partition coefficient (Wildman–Crippen LogP) is 3.56. The van der Waals surface area contributed by atoms with Gasteiger partial charge in [0.15, 0.2) is 17.1 Å². The molecule has 1 saturated heterocycles. The molecule has 1 aromatic carbocycles. The minimum Gasteiger partial charge on any atom is -0.502 e. The zero-order chi connectivity index (χ0) is 39.1. The Hall–Kier alpha value is -4.78. The zero-order valence-corrected chi connectivity index (χ0v) is 30.5. The summed E-state index contributed by atoms with van der Waals surface area (Å²) in [5.74, 6) is -4.61. The molecule has 3 heterocycles. The molecule has 1 unspecified atom stereocenters. The first-order chi connectivity index (χ1) is 25.0. The Bertz CT molecular complexity index is 1770. The second-order valence-electron chi connectivity index (χ2n) is 12.4. The summed E-state index contributed by atoms with van der Waals surface area (Å²) in [4.78, 5) is 65.3. The molecule has 4 rings (SSSR count). The molecule has 1 atom stereocenters. The first-order valence-corrected chi connectivity index (χ1v) is 18.1. The second-order valence-corrected chi connectivity index (χ2v) is 14.6. The number of carbonyl (C=O) groups excluding carboxylic acids is 4. The van der Waals surface area contributed by atoms with Gasteiger partial charge in [-0.2, -0.15) is 0 Å². The van der Waals surface area contributed by atoms with Crippen LogP contribution in [-0.2, 0) is 43.8 Å². The summed E-state index contributed by atoms with van der Waals surface area (Å²) in [5, 5.41) is 14.9. The van der Waals surface area contributed by atoms with E-state index in [1.807, 2.05) is 0 Å². The van der Waals surface area contributed by atoms with Crippen molar-refractivity contribution < 1.29 is 70.4 Å². The first kappa shape index (κ1) is 41.0. The molecule has 0 aliphatic carbocycles. The van der Waals surface area contributed by atoms with E-state index >= 15 is 0 Å². The molecule has 21 heteroatoms.